The number of nitrogens with one attached hydrogen (secondary N) is 2. The Morgan fingerprint density at radius 1 is 1.03 bits per heavy atom. The number of aromatic nitrogens is 1. The van der Waals surface area contributed by atoms with E-state index in [0.29, 0.717) is 18.9 Å². The minimum atomic E-state index is -3.72. The van der Waals surface area contributed by atoms with Gasteiger partial charge in [-0.2, -0.15) is 4.31 Å². The molecule has 2 N–H and O–H groups in total. The summed E-state index contributed by atoms with van der Waals surface area (Å²) in [5.41, 5.74) is -0.203. The van der Waals surface area contributed by atoms with Crippen molar-refractivity contribution in [3.63, 3.8) is 0 Å². The van der Waals surface area contributed by atoms with Gasteiger partial charge in [0.25, 0.3) is 0 Å². The largest absolute Gasteiger partial charge is 0.349 e. The van der Waals surface area contributed by atoms with Crippen LogP contribution in [0.1, 0.15) is 27.7 Å². The van der Waals surface area contributed by atoms with E-state index >= 15 is 0 Å². The quantitative estimate of drug-likeness (QED) is 0.487. The molecule has 35 heavy (non-hydrogen) atoms. The predicted molar refractivity (Wildman–Crippen MR) is 140 cm³/mol. The first-order chi connectivity index (χ1) is 16.4. The minimum absolute atomic E-state index is 0.201. The Labute approximate surface area is 207 Å². The molecule has 0 spiro atoms. The molecule has 1 aliphatic heterocycles. The Morgan fingerprint density at radius 2 is 1.63 bits per heavy atom. The fourth-order valence-electron chi connectivity index (χ4n) is 5.13. The molecule has 2 aromatic carbocycles. The van der Waals surface area contributed by atoms with Gasteiger partial charge in [-0.25, -0.2) is 13.4 Å². The van der Waals surface area contributed by atoms with E-state index in [4.69, 9.17) is 0 Å². The van der Waals surface area contributed by atoms with E-state index in [1.165, 1.54) is 10.4 Å². The Bertz CT molecular complexity index is 1350. The first-order valence-electron chi connectivity index (χ1n) is 11.6. The van der Waals surface area contributed by atoms with Crippen LogP contribution in [0.4, 0.5) is 11.5 Å². The fourth-order valence-corrected chi connectivity index (χ4v) is 6.91. The monoisotopic (exact) mass is 492 g/mol. The third-order valence-corrected chi connectivity index (χ3v) is 8.40. The molecule has 1 aliphatic rings. The highest BCUT2D eigenvalue weighted by atomic mass is 32.2. The molecule has 0 radical (unpaired) electrons. The number of hydrogen-bond acceptors (Lipinski definition) is 5. The number of sulfonamides is 1. The van der Waals surface area contributed by atoms with E-state index in [9.17, 15) is 13.2 Å². The van der Waals surface area contributed by atoms with Crippen LogP contribution in [0, 0.1) is 10.8 Å². The average molecular weight is 493 g/mol. The van der Waals surface area contributed by atoms with Crippen LogP contribution < -0.4 is 10.6 Å². The van der Waals surface area contributed by atoms with Crippen LogP contribution in [-0.4, -0.2) is 42.7 Å². The molecule has 4 rings (SSSR count). The van der Waals surface area contributed by atoms with E-state index < -0.39 is 20.9 Å². The standard InChI is InChI=1S/C27H32N4O3S/c1-6-24(32)30-25-26(2,3)17-31(18-27(25,4)5)35(33,34)22-13-11-21(12-14-22)29-23-15-19-9-7-8-10-20(19)16-28-23/h6-16,25H,1,17-18H2,2-5H3,(H,28,29)(H,30,32). The van der Waals surface area contributed by atoms with E-state index in [1.54, 1.807) is 30.5 Å². The number of fused-ring (bicyclic) bond motifs is 1. The van der Waals surface area contributed by atoms with Crippen LogP contribution in [0.15, 0.2) is 78.3 Å². The zero-order valence-corrected chi connectivity index (χ0v) is 21.4. The van der Waals surface area contributed by atoms with Gasteiger partial charge in [-0.15, -0.1) is 0 Å². The highest BCUT2D eigenvalue weighted by Crippen LogP contribution is 2.42. The molecule has 1 saturated heterocycles. The topological polar surface area (TPSA) is 91.4 Å². The van der Waals surface area contributed by atoms with E-state index in [0.717, 1.165) is 16.5 Å². The van der Waals surface area contributed by atoms with Gasteiger partial charge in [0.05, 0.1) is 4.90 Å². The maximum absolute atomic E-state index is 13.6. The lowest BCUT2D eigenvalue weighted by molar-refractivity contribution is -0.120. The van der Waals surface area contributed by atoms with Gasteiger partial charge in [-0.3, -0.25) is 4.79 Å². The Morgan fingerprint density at radius 3 is 2.23 bits per heavy atom. The van der Waals surface area contributed by atoms with Crippen molar-refractivity contribution in [2.24, 2.45) is 10.8 Å². The first-order valence-corrected chi connectivity index (χ1v) is 13.0. The average Bonchev–Trinajstić information content (AvgIpc) is 2.81. The van der Waals surface area contributed by atoms with Crippen LogP contribution in [0.5, 0.6) is 0 Å². The summed E-state index contributed by atoms with van der Waals surface area (Å²) in [7, 11) is -3.72. The van der Waals surface area contributed by atoms with Gasteiger partial charge >= 0.3 is 0 Å². The van der Waals surface area contributed by atoms with Crippen LogP contribution >= 0.6 is 0 Å². The number of amides is 1. The summed E-state index contributed by atoms with van der Waals surface area (Å²) in [5.74, 6) is 0.433. The maximum Gasteiger partial charge on any atom is 0.243 e. The Kier molecular flexibility index (Phi) is 6.46. The van der Waals surface area contributed by atoms with Crippen LogP contribution in [-0.2, 0) is 14.8 Å². The molecular weight excluding hydrogens is 460 g/mol. The maximum atomic E-state index is 13.6. The third kappa shape index (κ3) is 5.09. The summed E-state index contributed by atoms with van der Waals surface area (Å²) < 4.78 is 28.6. The molecule has 7 nitrogen and oxygen atoms in total. The van der Waals surface area contributed by atoms with Gasteiger partial charge in [0, 0.05) is 36.4 Å². The molecule has 0 atom stereocenters. The Hall–Kier alpha value is -3.23. The number of carbonyl (C=O) groups excluding carboxylic acids is 1. The van der Waals surface area contributed by atoms with Crippen LogP contribution in [0.3, 0.4) is 0 Å². The van der Waals surface area contributed by atoms with Crippen molar-refractivity contribution < 1.29 is 13.2 Å². The van der Waals surface area contributed by atoms with Gasteiger partial charge in [0.15, 0.2) is 0 Å². The highest BCUT2D eigenvalue weighted by Gasteiger charge is 2.50. The van der Waals surface area contributed by atoms with Crippen molar-refractivity contribution in [2.45, 2.75) is 38.6 Å². The first kappa shape index (κ1) is 24.9. The van der Waals surface area contributed by atoms with Gasteiger partial charge in [-0.1, -0.05) is 58.5 Å². The van der Waals surface area contributed by atoms with Crippen molar-refractivity contribution in [3.8, 4) is 0 Å². The smallest absolute Gasteiger partial charge is 0.243 e. The number of anilines is 2. The van der Waals surface area contributed by atoms with Crippen LogP contribution in [0.2, 0.25) is 0 Å². The zero-order chi connectivity index (χ0) is 25.4. The normalized spacial score (nSPS) is 18.2. The second kappa shape index (κ2) is 9.09. The van der Waals surface area contributed by atoms with Gasteiger partial charge in [-0.05, 0) is 52.6 Å². The number of carbonyl (C=O) groups is 1. The predicted octanol–water partition coefficient (Wildman–Crippen LogP) is 4.71. The lowest BCUT2D eigenvalue weighted by atomic mass is 9.67. The summed E-state index contributed by atoms with van der Waals surface area (Å²) in [5, 5.41) is 8.38. The van der Waals surface area contributed by atoms with Crippen molar-refractivity contribution in [3.05, 3.63) is 73.4 Å². The summed E-state index contributed by atoms with van der Waals surface area (Å²) >= 11 is 0. The lowest BCUT2D eigenvalue weighted by Gasteiger charge is -2.52. The molecule has 184 valence electrons. The van der Waals surface area contributed by atoms with Gasteiger partial charge < -0.3 is 10.6 Å². The molecular formula is C27H32N4O3S. The molecule has 0 aliphatic carbocycles. The van der Waals surface area contributed by atoms with E-state index in [-0.39, 0.29) is 16.8 Å². The van der Waals surface area contributed by atoms with Crippen molar-refractivity contribution >= 4 is 38.2 Å². The van der Waals surface area contributed by atoms with Crippen molar-refractivity contribution in [1.29, 1.82) is 0 Å². The Balaban J connectivity index is 1.53. The fraction of sp³-hybridized carbons (Fsp3) is 0.333. The third-order valence-electron chi connectivity index (χ3n) is 6.60. The molecule has 8 heteroatoms. The number of pyridine rings is 1. The molecule has 0 unspecified atom stereocenters. The van der Waals surface area contributed by atoms with Crippen molar-refractivity contribution in [2.75, 3.05) is 18.4 Å². The summed E-state index contributed by atoms with van der Waals surface area (Å²) in [4.78, 5) is 16.7. The number of rotatable bonds is 6. The highest BCUT2D eigenvalue weighted by molar-refractivity contribution is 7.89. The van der Waals surface area contributed by atoms with Crippen molar-refractivity contribution in [1.82, 2.24) is 14.6 Å². The molecule has 0 saturated carbocycles. The molecule has 0 bridgehead atoms. The second-order valence-corrected chi connectivity index (χ2v) is 12.4. The summed E-state index contributed by atoms with van der Waals surface area (Å²) in [6.07, 6.45) is 3.05. The van der Waals surface area contributed by atoms with Crippen LogP contribution in [0.25, 0.3) is 10.8 Å². The van der Waals surface area contributed by atoms with Gasteiger partial charge in [0.2, 0.25) is 15.9 Å². The molecule has 1 aromatic heterocycles. The number of hydrogen-bond donors (Lipinski definition) is 2. The molecule has 2 heterocycles. The molecule has 1 amide bonds. The molecule has 3 aromatic rings. The molecule has 1 fully saturated rings. The number of piperidine rings is 1. The SMILES string of the molecule is C=CC(=O)NC1C(C)(C)CN(S(=O)(=O)c2ccc(Nc3cc4ccccc4cn3)cc2)CC1(C)C. The van der Waals surface area contributed by atoms with E-state index in [1.807, 2.05) is 58.0 Å². The van der Waals surface area contributed by atoms with E-state index in [2.05, 4.69) is 22.2 Å². The van der Waals surface area contributed by atoms with Gasteiger partial charge in [0.1, 0.15) is 5.82 Å². The second-order valence-electron chi connectivity index (χ2n) is 10.5. The summed E-state index contributed by atoms with van der Waals surface area (Å²) in [6.45, 7) is 12.0. The summed E-state index contributed by atoms with van der Waals surface area (Å²) in [6, 6.07) is 16.5. The lowest BCUT2D eigenvalue weighted by Crippen LogP contribution is -2.64. The zero-order valence-electron chi connectivity index (χ0n) is 20.6. The number of benzene rings is 2. The number of nitrogens with zero attached hydrogens (tertiary/aromatic N) is 2. The minimum Gasteiger partial charge on any atom is -0.349 e.